The molecule has 210 valence electrons. The molecule has 0 aliphatic heterocycles. The van der Waals surface area contributed by atoms with Crippen LogP contribution in [-0.4, -0.2) is 45.2 Å². The summed E-state index contributed by atoms with van der Waals surface area (Å²) in [5.41, 5.74) is 3.21. The lowest BCUT2D eigenvalue weighted by atomic mass is 9.95. The molecule has 2 aromatic rings. The zero-order valence-electron chi connectivity index (χ0n) is 23.6. The molecular formula is C30H39N3O6. The van der Waals surface area contributed by atoms with E-state index in [1.165, 1.54) is 6.92 Å². The molecule has 0 radical (unpaired) electrons. The highest BCUT2D eigenvalue weighted by molar-refractivity contribution is 5.86. The fourth-order valence-electron chi connectivity index (χ4n) is 5.22. The monoisotopic (exact) mass is 537 g/mol. The van der Waals surface area contributed by atoms with Crippen LogP contribution in [0, 0.1) is 5.92 Å². The molecule has 9 heteroatoms. The van der Waals surface area contributed by atoms with Gasteiger partial charge in [-0.25, -0.2) is 0 Å². The number of carbonyl (C=O) groups excluding carboxylic acids is 2. The largest absolute Gasteiger partial charge is 0.493 e. The maximum atomic E-state index is 13.6. The van der Waals surface area contributed by atoms with Gasteiger partial charge in [-0.1, -0.05) is 26.3 Å². The molecule has 1 saturated carbocycles. The van der Waals surface area contributed by atoms with Crippen LogP contribution in [0.2, 0.25) is 0 Å². The summed E-state index contributed by atoms with van der Waals surface area (Å²) in [7, 11) is 4.69. The van der Waals surface area contributed by atoms with Crippen LogP contribution in [0.25, 0.3) is 11.1 Å². The van der Waals surface area contributed by atoms with Crippen molar-refractivity contribution in [3.05, 3.63) is 45.6 Å². The Morgan fingerprint density at radius 2 is 1.72 bits per heavy atom. The van der Waals surface area contributed by atoms with Crippen molar-refractivity contribution in [2.24, 2.45) is 5.92 Å². The Hall–Kier alpha value is -3.75. The first-order chi connectivity index (χ1) is 18.7. The van der Waals surface area contributed by atoms with Crippen molar-refractivity contribution in [1.82, 2.24) is 10.6 Å². The van der Waals surface area contributed by atoms with E-state index in [2.05, 4.69) is 16.0 Å². The topological polar surface area (TPSA) is 115 Å². The quantitative estimate of drug-likeness (QED) is 0.420. The minimum absolute atomic E-state index is 0.0103. The van der Waals surface area contributed by atoms with Gasteiger partial charge in [-0.2, -0.15) is 0 Å². The zero-order chi connectivity index (χ0) is 28.3. The van der Waals surface area contributed by atoms with Crippen molar-refractivity contribution >= 4 is 17.5 Å². The molecule has 9 nitrogen and oxygen atoms in total. The lowest BCUT2D eigenvalue weighted by molar-refractivity contribution is -0.123. The number of anilines is 1. The van der Waals surface area contributed by atoms with Crippen LogP contribution in [-0.2, 0) is 16.0 Å². The summed E-state index contributed by atoms with van der Waals surface area (Å²) >= 11 is 0. The number of hydrogen-bond donors (Lipinski definition) is 3. The summed E-state index contributed by atoms with van der Waals surface area (Å²) in [6, 6.07) is 6.33. The highest BCUT2D eigenvalue weighted by atomic mass is 16.5. The van der Waals surface area contributed by atoms with Gasteiger partial charge in [0.2, 0.25) is 23.0 Å². The van der Waals surface area contributed by atoms with Crippen LogP contribution in [0.4, 0.5) is 5.69 Å². The molecule has 39 heavy (non-hydrogen) atoms. The Balaban J connectivity index is 1.89. The number of methoxy groups -OCH3 is 3. The molecule has 2 aromatic carbocycles. The third-order valence-electron chi connectivity index (χ3n) is 7.65. The van der Waals surface area contributed by atoms with Crippen LogP contribution >= 0.6 is 0 Å². The molecule has 4 rings (SSSR count). The molecule has 0 bridgehead atoms. The lowest BCUT2D eigenvalue weighted by Gasteiger charge is -2.24. The Morgan fingerprint density at radius 1 is 1.00 bits per heavy atom. The van der Waals surface area contributed by atoms with Gasteiger partial charge < -0.3 is 30.2 Å². The Morgan fingerprint density at radius 3 is 2.31 bits per heavy atom. The molecule has 0 aromatic heterocycles. The minimum atomic E-state index is -0.553. The van der Waals surface area contributed by atoms with Crippen LogP contribution in [0.1, 0.15) is 63.6 Å². The normalized spacial score (nSPS) is 17.4. The van der Waals surface area contributed by atoms with Crippen LogP contribution in [0.5, 0.6) is 17.2 Å². The predicted molar refractivity (Wildman–Crippen MR) is 151 cm³/mol. The summed E-state index contributed by atoms with van der Waals surface area (Å²) in [4.78, 5) is 38.9. The summed E-state index contributed by atoms with van der Waals surface area (Å²) in [5.74, 6) is 1.20. The maximum absolute atomic E-state index is 13.6. The zero-order valence-corrected chi connectivity index (χ0v) is 23.6. The van der Waals surface area contributed by atoms with E-state index < -0.39 is 12.1 Å². The van der Waals surface area contributed by atoms with Crippen molar-refractivity contribution < 1.29 is 23.8 Å². The number of hydrogen-bond acceptors (Lipinski definition) is 7. The molecule has 0 heterocycles. The van der Waals surface area contributed by atoms with Crippen molar-refractivity contribution in [3.63, 3.8) is 0 Å². The van der Waals surface area contributed by atoms with E-state index in [0.29, 0.717) is 41.3 Å². The summed E-state index contributed by atoms with van der Waals surface area (Å²) < 4.78 is 17.1. The average molecular weight is 538 g/mol. The number of fused-ring (bicyclic) bond motifs is 3. The number of nitrogens with one attached hydrogen (secondary N) is 3. The molecule has 3 unspecified atom stereocenters. The second kappa shape index (κ2) is 12.0. The van der Waals surface area contributed by atoms with E-state index in [1.54, 1.807) is 33.5 Å². The number of rotatable bonds is 10. The third kappa shape index (κ3) is 5.97. The first-order valence-electron chi connectivity index (χ1n) is 13.6. The standard InChI is InChI=1S/C30H39N3O6/c1-7-16(2)27(30(36)32-19-9-10-19)33-23-13-11-20-21(15-24(23)35)22(31-17(3)34)12-8-18-14-25(37-4)28(38-5)29(39-6)26(18)20/h11,13-16,19,22,27H,7-10,12H2,1-6H3,(H,31,34)(H,32,36)(H,33,35). The molecule has 3 N–H and O–H groups in total. The van der Waals surface area contributed by atoms with Crippen molar-refractivity contribution in [2.45, 2.75) is 71.0 Å². The van der Waals surface area contributed by atoms with Gasteiger partial charge in [0.15, 0.2) is 11.5 Å². The van der Waals surface area contributed by atoms with E-state index >= 15 is 0 Å². The number of carbonyl (C=O) groups is 2. The maximum Gasteiger partial charge on any atom is 0.242 e. The average Bonchev–Trinajstić information content (AvgIpc) is 3.76. The molecule has 1 fully saturated rings. The predicted octanol–water partition coefficient (Wildman–Crippen LogP) is 3.97. The summed E-state index contributed by atoms with van der Waals surface area (Å²) in [6.07, 6.45) is 3.93. The SMILES string of the molecule is CCC(C)C(Nc1ccc2c(cc1=O)C(NC(C)=O)CCc1cc(OC)c(OC)c(OC)c1-2)C(=O)NC1CC1. The number of amides is 2. The number of ether oxygens (including phenoxy) is 3. The van der Waals surface area contributed by atoms with Gasteiger partial charge >= 0.3 is 0 Å². The van der Waals surface area contributed by atoms with E-state index in [-0.39, 0.29) is 29.2 Å². The molecule has 0 spiro atoms. The first kappa shape index (κ1) is 28.3. The second-order valence-corrected chi connectivity index (χ2v) is 10.4. The third-order valence-corrected chi connectivity index (χ3v) is 7.65. The summed E-state index contributed by atoms with van der Waals surface area (Å²) in [5, 5.41) is 9.34. The van der Waals surface area contributed by atoms with E-state index in [4.69, 9.17) is 14.2 Å². The first-order valence-corrected chi connectivity index (χ1v) is 13.6. The van der Waals surface area contributed by atoms with Gasteiger partial charge in [0, 0.05) is 18.5 Å². The van der Waals surface area contributed by atoms with Gasteiger partial charge in [-0.15, -0.1) is 0 Å². The second-order valence-electron chi connectivity index (χ2n) is 10.4. The Kier molecular flexibility index (Phi) is 8.67. The van der Waals surface area contributed by atoms with E-state index in [1.807, 2.05) is 26.0 Å². The van der Waals surface area contributed by atoms with Gasteiger partial charge in [-0.05, 0) is 66.5 Å². The number of benzene rings is 1. The lowest BCUT2D eigenvalue weighted by Crippen LogP contribution is -2.45. The Labute approximate surface area is 229 Å². The molecular weight excluding hydrogens is 498 g/mol. The van der Waals surface area contributed by atoms with Crippen LogP contribution < -0.4 is 35.6 Å². The summed E-state index contributed by atoms with van der Waals surface area (Å²) in [6.45, 7) is 5.49. The number of aryl methyl sites for hydroxylation is 1. The molecule has 2 aliphatic carbocycles. The highest BCUT2D eigenvalue weighted by Crippen LogP contribution is 2.50. The van der Waals surface area contributed by atoms with Crippen molar-refractivity contribution in [1.29, 1.82) is 0 Å². The molecule has 0 saturated heterocycles. The highest BCUT2D eigenvalue weighted by Gasteiger charge is 2.32. The van der Waals surface area contributed by atoms with Gasteiger partial charge in [-0.3, -0.25) is 14.4 Å². The van der Waals surface area contributed by atoms with Crippen LogP contribution in [0.3, 0.4) is 0 Å². The molecule has 3 atom stereocenters. The fourth-order valence-corrected chi connectivity index (χ4v) is 5.22. The van der Waals surface area contributed by atoms with Crippen LogP contribution in [0.15, 0.2) is 29.1 Å². The fraction of sp³-hybridized carbons (Fsp3) is 0.500. The van der Waals surface area contributed by atoms with Crippen molar-refractivity contribution in [2.75, 3.05) is 26.6 Å². The van der Waals surface area contributed by atoms with Gasteiger partial charge in [0.25, 0.3) is 0 Å². The minimum Gasteiger partial charge on any atom is -0.493 e. The van der Waals surface area contributed by atoms with E-state index in [9.17, 15) is 14.4 Å². The van der Waals surface area contributed by atoms with Gasteiger partial charge in [0.1, 0.15) is 6.04 Å². The molecule has 2 amide bonds. The van der Waals surface area contributed by atoms with E-state index in [0.717, 1.165) is 36.0 Å². The van der Waals surface area contributed by atoms with Crippen molar-refractivity contribution in [3.8, 4) is 28.4 Å². The van der Waals surface area contributed by atoms with Gasteiger partial charge in [0.05, 0.1) is 33.1 Å². The molecule has 2 aliphatic rings. The smallest absolute Gasteiger partial charge is 0.242 e. The Bertz CT molecular complexity index is 1310.